The summed E-state index contributed by atoms with van der Waals surface area (Å²) in [4.78, 5) is 12.3. The quantitative estimate of drug-likeness (QED) is 0.654. The molecule has 3 nitrogen and oxygen atoms in total. The van der Waals surface area contributed by atoms with Gasteiger partial charge < -0.3 is 10.6 Å². The summed E-state index contributed by atoms with van der Waals surface area (Å²) in [7, 11) is 0. The highest BCUT2D eigenvalue weighted by Crippen LogP contribution is 2.35. The molecule has 0 heterocycles. The molecule has 0 atom stereocenters. The summed E-state index contributed by atoms with van der Waals surface area (Å²) in [5, 5.41) is 9.28. The first kappa shape index (κ1) is 16.2. The van der Waals surface area contributed by atoms with Crippen LogP contribution in [0.4, 0.5) is 11.4 Å². The Morgan fingerprint density at radius 1 is 0.920 bits per heavy atom. The first-order valence-electron chi connectivity index (χ1n) is 8.15. The number of anilines is 2. The molecule has 0 radical (unpaired) electrons. The minimum atomic E-state index is -0.174. The van der Waals surface area contributed by atoms with Crippen LogP contribution in [0, 0.1) is 0 Å². The van der Waals surface area contributed by atoms with Gasteiger partial charge in [-0.25, -0.2) is 0 Å². The van der Waals surface area contributed by atoms with Gasteiger partial charge in [-0.1, -0.05) is 53.5 Å². The summed E-state index contributed by atoms with van der Waals surface area (Å²) >= 11 is 12.1. The average Bonchev–Trinajstić information content (AvgIpc) is 3.03. The summed E-state index contributed by atoms with van der Waals surface area (Å²) in [5.41, 5.74) is 4.24. The number of hydrogen-bond donors (Lipinski definition) is 2. The summed E-state index contributed by atoms with van der Waals surface area (Å²) in [6, 6.07) is 15.7. The molecule has 126 valence electrons. The minimum Gasteiger partial charge on any atom is -0.376 e. The van der Waals surface area contributed by atoms with Gasteiger partial charge in [0, 0.05) is 11.1 Å². The van der Waals surface area contributed by atoms with Gasteiger partial charge in [-0.2, -0.15) is 0 Å². The minimum absolute atomic E-state index is 0.154. The zero-order valence-electron chi connectivity index (χ0n) is 13.4. The number of rotatable bonds is 4. The fourth-order valence-corrected chi connectivity index (χ4v) is 3.72. The van der Waals surface area contributed by atoms with Crippen molar-refractivity contribution in [2.75, 3.05) is 17.2 Å². The van der Waals surface area contributed by atoms with Crippen molar-refractivity contribution in [1.29, 1.82) is 0 Å². The molecule has 0 spiro atoms. The topological polar surface area (TPSA) is 41.1 Å². The summed E-state index contributed by atoms with van der Waals surface area (Å²) in [6.45, 7) is 0.154. The molecule has 0 fully saturated rings. The maximum absolute atomic E-state index is 12.3. The molecule has 0 unspecified atom stereocenters. The summed E-state index contributed by atoms with van der Waals surface area (Å²) in [5.74, 6) is -0.174. The number of amides is 1. The number of nitrogens with one attached hydrogen (secondary N) is 2. The Morgan fingerprint density at radius 2 is 1.68 bits per heavy atom. The Kier molecular flexibility index (Phi) is 4.28. The third-order valence-electron chi connectivity index (χ3n) is 4.54. The van der Waals surface area contributed by atoms with Gasteiger partial charge in [0.15, 0.2) is 0 Å². The van der Waals surface area contributed by atoms with Crippen LogP contribution >= 0.6 is 23.2 Å². The molecule has 0 saturated heterocycles. The normalized spacial score (nSPS) is 12.4. The van der Waals surface area contributed by atoms with Gasteiger partial charge in [-0.05, 0) is 47.6 Å². The van der Waals surface area contributed by atoms with E-state index in [0.29, 0.717) is 15.7 Å². The lowest BCUT2D eigenvalue weighted by Gasteiger charge is -2.12. The molecule has 1 aliphatic carbocycles. The standard InChI is InChI=1S/C20H16Cl2N2O/c21-15-5-2-6-17(20(15)22)24-18(25)11-23-16-10-9-13-8-7-12-3-1-4-14(16)19(12)13/h1-6,9-10,23H,7-8,11H2,(H,24,25). The predicted molar refractivity (Wildman–Crippen MR) is 105 cm³/mol. The van der Waals surface area contributed by atoms with Gasteiger partial charge in [0.1, 0.15) is 0 Å². The van der Waals surface area contributed by atoms with Gasteiger partial charge in [0.2, 0.25) is 5.91 Å². The van der Waals surface area contributed by atoms with Crippen LogP contribution in [0.25, 0.3) is 10.8 Å². The fourth-order valence-electron chi connectivity index (χ4n) is 3.37. The van der Waals surface area contributed by atoms with Crippen LogP contribution in [0.5, 0.6) is 0 Å². The Morgan fingerprint density at radius 3 is 2.52 bits per heavy atom. The molecule has 2 N–H and O–H groups in total. The zero-order chi connectivity index (χ0) is 17.4. The highest BCUT2D eigenvalue weighted by atomic mass is 35.5. The number of hydrogen-bond acceptors (Lipinski definition) is 2. The number of aryl methyl sites for hydroxylation is 2. The number of carbonyl (C=O) groups excluding carboxylic acids is 1. The van der Waals surface area contributed by atoms with E-state index in [0.717, 1.165) is 18.5 Å². The van der Waals surface area contributed by atoms with Crippen LogP contribution in [-0.2, 0) is 17.6 Å². The summed E-state index contributed by atoms with van der Waals surface area (Å²) < 4.78 is 0. The lowest BCUT2D eigenvalue weighted by Crippen LogP contribution is -2.22. The van der Waals surface area contributed by atoms with Crippen LogP contribution in [0.1, 0.15) is 11.1 Å². The maximum atomic E-state index is 12.3. The fraction of sp³-hybridized carbons (Fsp3) is 0.150. The maximum Gasteiger partial charge on any atom is 0.243 e. The Bertz CT molecular complexity index is 975. The van der Waals surface area contributed by atoms with E-state index in [1.165, 1.54) is 21.9 Å². The Labute approximate surface area is 155 Å². The van der Waals surface area contributed by atoms with E-state index in [4.69, 9.17) is 23.2 Å². The van der Waals surface area contributed by atoms with E-state index in [1.807, 2.05) is 6.07 Å². The molecule has 3 aromatic rings. The second-order valence-corrected chi connectivity index (χ2v) is 6.90. The van der Waals surface area contributed by atoms with Gasteiger partial charge >= 0.3 is 0 Å². The molecule has 1 aliphatic rings. The molecule has 25 heavy (non-hydrogen) atoms. The highest BCUT2D eigenvalue weighted by Gasteiger charge is 2.16. The third-order valence-corrected chi connectivity index (χ3v) is 5.36. The largest absolute Gasteiger partial charge is 0.376 e. The van der Waals surface area contributed by atoms with Crippen LogP contribution in [0.15, 0.2) is 48.5 Å². The summed E-state index contributed by atoms with van der Waals surface area (Å²) in [6.07, 6.45) is 2.17. The van der Waals surface area contributed by atoms with Crippen molar-refractivity contribution < 1.29 is 4.79 Å². The van der Waals surface area contributed by atoms with E-state index < -0.39 is 0 Å². The van der Waals surface area contributed by atoms with Crippen LogP contribution in [-0.4, -0.2) is 12.5 Å². The molecule has 0 bridgehead atoms. The second kappa shape index (κ2) is 6.58. The van der Waals surface area contributed by atoms with Gasteiger partial charge in [0.05, 0.1) is 22.3 Å². The van der Waals surface area contributed by atoms with Crippen molar-refractivity contribution in [2.45, 2.75) is 12.8 Å². The zero-order valence-corrected chi connectivity index (χ0v) is 14.9. The Hall–Kier alpha value is -2.23. The SMILES string of the molecule is O=C(CNc1ccc2c3c(cccc13)CC2)Nc1cccc(Cl)c1Cl. The van der Waals surface area contributed by atoms with E-state index in [2.05, 4.69) is 34.9 Å². The number of carbonyl (C=O) groups is 1. The van der Waals surface area contributed by atoms with Gasteiger partial charge in [-0.3, -0.25) is 4.79 Å². The van der Waals surface area contributed by atoms with E-state index >= 15 is 0 Å². The smallest absolute Gasteiger partial charge is 0.243 e. The van der Waals surface area contributed by atoms with Gasteiger partial charge in [0.25, 0.3) is 0 Å². The van der Waals surface area contributed by atoms with E-state index in [9.17, 15) is 4.79 Å². The molecule has 3 aromatic carbocycles. The lowest BCUT2D eigenvalue weighted by molar-refractivity contribution is -0.114. The van der Waals surface area contributed by atoms with Gasteiger partial charge in [-0.15, -0.1) is 0 Å². The molecule has 0 aromatic heterocycles. The van der Waals surface area contributed by atoms with E-state index in [-0.39, 0.29) is 12.5 Å². The van der Waals surface area contributed by atoms with Crippen molar-refractivity contribution in [1.82, 2.24) is 0 Å². The van der Waals surface area contributed by atoms with Crippen molar-refractivity contribution in [3.8, 4) is 0 Å². The molecule has 0 saturated carbocycles. The first-order chi connectivity index (χ1) is 12.1. The Balaban J connectivity index is 1.51. The second-order valence-electron chi connectivity index (χ2n) is 6.12. The lowest BCUT2D eigenvalue weighted by atomic mass is 10.0. The molecular weight excluding hydrogens is 355 g/mol. The van der Waals surface area contributed by atoms with E-state index in [1.54, 1.807) is 18.2 Å². The number of halogens is 2. The third kappa shape index (κ3) is 3.06. The molecule has 4 rings (SSSR count). The van der Waals surface area contributed by atoms with Crippen molar-refractivity contribution >= 4 is 51.3 Å². The molecule has 5 heteroatoms. The van der Waals surface area contributed by atoms with Crippen LogP contribution in [0.3, 0.4) is 0 Å². The predicted octanol–water partition coefficient (Wildman–Crippen LogP) is 5.30. The average molecular weight is 371 g/mol. The van der Waals surface area contributed by atoms with Crippen molar-refractivity contribution in [3.05, 3.63) is 69.7 Å². The molecule has 1 amide bonds. The van der Waals surface area contributed by atoms with Crippen LogP contribution in [0.2, 0.25) is 10.0 Å². The highest BCUT2D eigenvalue weighted by molar-refractivity contribution is 6.44. The van der Waals surface area contributed by atoms with Crippen LogP contribution < -0.4 is 10.6 Å². The molecule has 0 aliphatic heterocycles. The monoisotopic (exact) mass is 370 g/mol. The molecular formula is C20H16Cl2N2O. The first-order valence-corrected chi connectivity index (χ1v) is 8.90. The number of benzene rings is 3. The van der Waals surface area contributed by atoms with Crippen molar-refractivity contribution in [2.24, 2.45) is 0 Å². The van der Waals surface area contributed by atoms with Crippen molar-refractivity contribution in [3.63, 3.8) is 0 Å².